The summed E-state index contributed by atoms with van der Waals surface area (Å²) in [4.78, 5) is 0. The Morgan fingerprint density at radius 2 is 2.05 bits per heavy atom. The van der Waals surface area contributed by atoms with Gasteiger partial charge in [0.15, 0.2) is 0 Å². The molecule has 0 spiro atoms. The molecular formula is C15H26ClN3. The first-order chi connectivity index (χ1) is 8.76. The molecule has 0 aliphatic heterocycles. The summed E-state index contributed by atoms with van der Waals surface area (Å²) in [6.07, 6.45) is 6.32. The summed E-state index contributed by atoms with van der Waals surface area (Å²) in [5, 5.41) is 5.31. The monoisotopic (exact) mass is 283 g/mol. The first kappa shape index (κ1) is 14.9. The molecule has 1 aliphatic carbocycles. The van der Waals surface area contributed by atoms with Crippen LogP contribution in [0.2, 0.25) is 5.02 Å². The molecule has 1 aromatic rings. The van der Waals surface area contributed by atoms with Crippen molar-refractivity contribution < 1.29 is 0 Å². The zero-order chi connectivity index (χ0) is 14.3. The SMILES string of the molecule is CCc1nn(C)c(CC2(N)CCCC(C)(C)C2)c1Cl. The predicted octanol–water partition coefficient (Wildman–Crippen LogP) is 3.48. The number of hydrogen-bond acceptors (Lipinski definition) is 2. The van der Waals surface area contributed by atoms with E-state index in [0.29, 0.717) is 5.41 Å². The normalized spacial score (nSPS) is 26.6. The lowest BCUT2D eigenvalue weighted by molar-refractivity contribution is 0.149. The standard InChI is InChI=1S/C15H26ClN3/c1-5-11-13(16)12(19(4)18-11)9-15(17)8-6-7-14(2,3)10-15/h5-10,17H2,1-4H3. The molecule has 1 aliphatic rings. The molecule has 1 saturated carbocycles. The molecule has 0 saturated heterocycles. The van der Waals surface area contributed by atoms with E-state index in [0.717, 1.165) is 42.1 Å². The molecule has 19 heavy (non-hydrogen) atoms. The summed E-state index contributed by atoms with van der Waals surface area (Å²) in [5.74, 6) is 0. The Kier molecular flexibility index (Phi) is 3.99. The smallest absolute Gasteiger partial charge is 0.0850 e. The summed E-state index contributed by atoms with van der Waals surface area (Å²) < 4.78 is 1.91. The Hall–Kier alpha value is -0.540. The second-order valence-corrected chi connectivity index (χ2v) is 7.30. The Balaban J connectivity index is 2.23. The first-order valence-corrected chi connectivity index (χ1v) is 7.63. The number of aryl methyl sites for hydroxylation is 2. The third-order valence-electron chi connectivity index (χ3n) is 4.38. The number of nitrogens with zero attached hydrogens (tertiary/aromatic N) is 2. The molecule has 1 aromatic heterocycles. The van der Waals surface area contributed by atoms with Crippen molar-refractivity contribution in [3.8, 4) is 0 Å². The van der Waals surface area contributed by atoms with Crippen molar-refractivity contribution >= 4 is 11.6 Å². The van der Waals surface area contributed by atoms with Gasteiger partial charge in [0.05, 0.1) is 16.4 Å². The summed E-state index contributed by atoms with van der Waals surface area (Å²) in [6, 6.07) is 0. The molecule has 108 valence electrons. The van der Waals surface area contributed by atoms with Gasteiger partial charge in [-0.25, -0.2) is 0 Å². The van der Waals surface area contributed by atoms with E-state index >= 15 is 0 Å². The van der Waals surface area contributed by atoms with Crippen LogP contribution in [-0.2, 0) is 19.9 Å². The van der Waals surface area contributed by atoms with Crippen molar-refractivity contribution in [2.24, 2.45) is 18.2 Å². The molecule has 1 unspecified atom stereocenters. The van der Waals surface area contributed by atoms with Gasteiger partial charge < -0.3 is 5.73 Å². The minimum atomic E-state index is -0.135. The summed E-state index contributed by atoms with van der Waals surface area (Å²) in [5.41, 5.74) is 8.94. The lowest BCUT2D eigenvalue weighted by Crippen LogP contribution is -2.48. The molecule has 0 bridgehead atoms. The number of aromatic nitrogens is 2. The maximum Gasteiger partial charge on any atom is 0.0850 e. The molecule has 0 amide bonds. The summed E-state index contributed by atoms with van der Waals surface area (Å²) in [6.45, 7) is 6.71. The largest absolute Gasteiger partial charge is 0.325 e. The molecule has 4 heteroatoms. The summed E-state index contributed by atoms with van der Waals surface area (Å²) >= 11 is 6.44. The fourth-order valence-electron chi connectivity index (χ4n) is 3.55. The molecule has 3 nitrogen and oxygen atoms in total. The van der Waals surface area contributed by atoms with E-state index in [1.165, 1.54) is 12.8 Å². The minimum Gasteiger partial charge on any atom is -0.325 e. The molecule has 1 heterocycles. The van der Waals surface area contributed by atoms with Crippen LogP contribution in [0.15, 0.2) is 0 Å². The van der Waals surface area contributed by atoms with Crippen LogP contribution in [0, 0.1) is 5.41 Å². The molecule has 0 radical (unpaired) electrons. The van der Waals surface area contributed by atoms with Gasteiger partial charge in [-0.15, -0.1) is 0 Å². The lowest BCUT2D eigenvalue weighted by Gasteiger charge is -2.42. The molecule has 0 aromatic carbocycles. The Morgan fingerprint density at radius 1 is 1.37 bits per heavy atom. The third kappa shape index (κ3) is 3.14. The Bertz CT molecular complexity index is 464. The average Bonchev–Trinajstić information content (AvgIpc) is 2.54. The average molecular weight is 284 g/mol. The van der Waals surface area contributed by atoms with E-state index in [1.54, 1.807) is 0 Å². The molecule has 2 N–H and O–H groups in total. The quantitative estimate of drug-likeness (QED) is 0.923. The van der Waals surface area contributed by atoms with Crippen LogP contribution in [0.5, 0.6) is 0 Å². The number of nitrogens with two attached hydrogens (primary N) is 1. The highest BCUT2D eigenvalue weighted by Crippen LogP contribution is 2.41. The number of rotatable bonds is 3. The Labute approximate surface area is 121 Å². The van der Waals surface area contributed by atoms with Crippen LogP contribution in [0.3, 0.4) is 0 Å². The number of hydrogen-bond donors (Lipinski definition) is 1. The van der Waals surface area contributed by atoms with Gasteiger partial charge in [0.1, 0.15) is 0 Å². The highest BCUT2D eigenvalue weighted by atomic mass is 35.5. The lowest BCUT2D eigenvalue weighted by atomic mass is 9.67. The second-order valence-electron chi connectivity index (χ2n) is 6.92. The van der Waals surface area contributed by atoms with Crippen molar-refractivity contribution in [1.29, 1.82) is 0 Å². The van der Waals surface area contributed by atoms with Gasteiger partial charge in [-0.1, -0.05) is 38.8 Å². The Morgan fingerprint density at radius 3 is 2.58 bits per heavy atom. The van der Waals surface area contributed by atoms with Crippen molar-refractivity contribution in [3.63, 3.8) is 0 Å². The number of halogens is 1. The van der Waals surface area contributed by atoms with Crippen molar-refractivity contribution in [2.75, 3.05) is 0 Å². The van der Waals surface area contributed by atoms with Gasteiger partial charge in [-0.2, -0.15) is 5.10 Å². The van der Waals surface area contributed by atoms with Crippen LogP contribution >= 0.6 is 11.6 Å². The minimum absolute atomic E-state index is 0.135. The van der Waals surface area contributed by atoms with Gasteiger partial charge in [0, 0.05) is 19.0 Å². The van der Waals surface area contributed by atoms with E-state index in [9.17, 15) is 0 Å². The first-order valence-electron chi connectivity index (χ1n) is 7.25. The van der Waals surface area contributed by atoms with Gasteiger partial charge >= 0.3 is 0 Å². The fraction of sp³-hybridized carbons (Fsp3) is 0.800. The topological polar surface area (TPSA) is 43.8 Å². The van der Waals surface area contributed by atoms with Crippen molar-refractivity contribution in [2.45, 2.75) is 64.8 Å². The zero-order valence-electron chi connectivity index (χ0n) is 12.6. The van der Waals surface area contributed by atoms with Crippen LogP contribution < -0.4 is 5.73 Å². The zero-order valence-corrected chi connectivity index (χ0v) is 13.3. The van der Waals surface area contributed by atoms with E-state index < -0.39 is 0 Å². The van der Waals surface area contributed by atoms with Crippen molar-refractivity contribution in [3.05, 3.63) is 16.4 Å². The second kappa shape index (κ2) is 5.10. The predicted molar refractivity (Wildman–Crippen MR) is 80.5 cm³/mol. The van der Waals surface area contributed by atoms with E-state index in [-0.39, 0.29) is 5.54 Å². The molecular weight excluding hydrogens is 258 g/mol. The van der Waals surface area contributed by atoms with Gasteiger partial charge in [0.2, 0.25) is 0 Å². The highest BCUT2D eigenvalue weighted by Gasteiger charge is 2.38. The van der Waals surface area contributed by atoms with Gasteiger partial charge in [-0.05, 0) is 31.1 Å². The molecule has 1 atom stereocenters. The van der Waals surface area contributed by atoms with E-state index in [4.69, 9.17) is 17.3 Å². The fourth-order valence-corrected chi connectivity index (χ4v) is 3.91. The van der Waals surface area contributed by atoms with E-state index in [2.05, 4.69) is 25.9 Å². The van der Waals surface area contributed by atoms with Gasteiger partial charge in [-0.3, -0.25) is 4.68 Å². The van der Waals surface area contributed by atoms with Crippen LogP contribution in [0.25, 0.3) is 0 Å². The van der Waals surface area contributed by atoms with Crippen molar-refractivity contribution in [1.82, 2.24) is 9.78 Å². The molecule has 2 rings (SSSR count). The molecule has 1 fully saturated rings. The maximum atomic E-state index is 6.66. The highest BCUT2D eigenvalue weighted by molar-refractivity contribution is 6.31. The summed E-state index contributed by atoms with van der Waals surface area (Å²) in [7, 11) is 1.97. The van der Waals surface area contributed by atoms with Crippen LogP contribution in [0.4, 0.5) is 0 Å². The maximum absolute atomic E-state index is 6.66. The van der Waals surface area contributed by atoms with Crippen LogP contribution in [-0.4, -0.2) is 15.3 Å². The van der Waals surface area contributed by atoms with Gasteiger partial charge in [0.25, 0.3) is 0 Å². The third-order valence-corrected chi connectivity index (χ3v) is 4.82. The van der Waals surface area contributed by atoms with E-state index in [1.807, 2.05) is 11.7 Å². The van der Waals surface area contributed by atoms with Crippen LogP contribution in [0.1, 0.15) is 57.8 Å².